The summed E-state index contributed by atoms with van der Waals surface area (Å²) in [5.74, 6) is 0.342. The van der Waals surface area contributed by atoms with Gasteiger partial charge in [-0.05, 0) is 58.2 Å². The van der Waals surface area contributed by atoms with Gasteiger partial charge in [0.25, 0.3) is 0 Å². The fourth-order valence-corrected chi connectivity index (χ4v) is 3.21. The van der Waals surface area contributed by atoms with E-state index in [4.69, 9.17) is 10.8 Å². The van der Waals surface area contributed by atoms with E-state index in [9.17, 15) is 0 Å². The molecule has 0 spiro atoms. The van der Waals surface area contributed by atoms with Crippen molar-refractivity contribution in [3.8, 4) is 5.69 Å². The lowest BCUT2D eigenvalue weighted by Gasteiger charge is -2.14. The van der Waals surface area contributed by atoms with Gasteiger partial charge in [-0.3, -0.25) is 0 Å². The van der Waals surface area contributed by atoms with Crippen LogP contribution in [0.2, 0.25) is 0 Å². The Labute approximate surface area is 121 Å². The van der Waals surface area contributed by atoms with Crippen LogP contribution in [0.3, 0.4) is 0 Å². The summed E-state index contributed by atoms with van der Waals surface area (Å²) in [6.07, 6.45) is 0. The number of benzene rings is 1. The molecule has 0 aliphatic heterocycles. The molecular formula is C17H25N3. The minimum Gasteiger partial charge on any atom is -0.330 e. The topological polar surface area (TPSA) is 43.8 Å². The van der Waals surface area contributed by atoms with E-state index in [1.807, 2.05) is 0 Å². The molecule has 0 aliphatic carbocycles. The Morgan fingerprint density at radius 1 is 1.10 bits per heavy atom. The molecule has 1 aromatic heterocycles. The van der Waals surface area contributed by atoms with Crippen LogP contribution in [-0.2, 0) is 0 Å². The number of aryl methyl sites for hydroxylation is 4. The molecule has 108 valence electrons. The smallest absolute Gasteiger partial charge is 0.0707 e. The summed E-state index contributed by atoms with van der Waals surface area (Å²) >= 11 is 0. The van der Waals surface area contributed by atoms with Gasteiger partial charge in [-0.2, -0.15) is 5.10 Å². The average molecular weight is 271 g/mol. The highest BCUT2D eigenvalue weighted by molar-refractivity contribution is 5.51. The van der Waals surface area contributed by atoms with Crippen LogP contribution in [-0.4, -0.2) is 16.3 Å². The van der Waals surface area contributed by atoms with Gasteiger partial charge in [0.15, 0.2) is 0 Å². The Morgan fingerprint density at radius 2 is 1.65 bits per heavy atom. The zero-order chi connectivity index (χ0) is 15.0. The van der Waals surface area contributed by atoms with Crippen molar-refractivity contribution in [2.24, 2.45) is 5.73 Å². The third-order valence-electron chi connectivity index (χ3n) is 4.04. The van der Waals surface area contributed by atoms with Crippen molar-refractivity contribution in [2.45, 2.75) is 47.5 Å². The van der Waals surface area contributed by atoms with Crippen LogP contribution in [0.25, 0.3) is 5.69 Å². The molecular weight excluding hydrogens is 246 g/mol. The SMILES string of the molecule is Cc1cc(C)c(-n2nc(C)c(C(C)CN)c2C)c(C)c1. The van der Waals surface area contributed by atoms with Crippen molar-refractivity contribution < 1.29 is 0 Å². The second kappa shape index (κ2) is 5.41. The highest BCUT2D eigenvalue weighted by Crippen LogP contribution is 2.28. The third-order valence-corrected chi connectivity index (χ3v) is 4.04. The Kier molecular flexibility index (Phi) is 4.00. The lowest BCUT2D eigenvalue weighted by molar-refractivity contribution is 0.758. The first-order chi connectivity index (χ1) is 9.36. The maximum atomic E-state index is 5.83. The van der Waals surface area contributed by atoms with E-state index in [1.54, 1.807) is 0 Å². The van der Waals surface area contributed by atoms with Crippen molar-refractivity contribution in [3.05, 3.63) is 45.8 Å². The summed E-state index contributed by atoms with van der Waals surface area (Å²) in [6.45, 7) is 13.5. The minimum atomic E-state index is 0.342. The molecule has 1 atom stereocenters. The summed E-state index contributed by atoms with van der Waals surface area (Å²) in [5, 5.41) is 4.76. The first kappa shape index (κ1) is 14.8. The molecule has 0 bridgehead atoms. The van der Waals surface area contributed by atoms with E-state index in [0.29, 0.717) is 12.5 Å². The standard InChI is InChI=1S/C17H25N3/c1-10-7-11(2)17(12(3)8-10)20-15(6)16(13(4)9-18)14(5)19-20/h7-8,13H,9,18H2,1-6H3. The van der Waals surface area contributed by atoms with E-state index in [1.165, 1.54) is 33.6 Å². The monoisotopic (exact) mass is 271 g/mol. The number of rotatable bonds is 3. The lowest BCUT2D eigenvalue weighted by atomic mass is 9.99. The maximum absolute atomic E-state index is 5.83. The van der Waals surface area contributed by atoms with Crippen LogP contribution in [0.5, 0.6) is 0 Å². The molecule has 2 N–H and O–H groups in total. The molecule has 0 aliphatic rings. The van der Waals surface area contributed by atoms with Gasteiger partial charge in [0.2, 0.25) is 0 Å². The summed E-state index contributed by atoms with van der Waals surface area (Å²) in [6, 6.07) is 4.43. The van der Waals surface area contributed by atoms with Crippen molar-refractivity contribution in [1.82, 2.24) is 9.78 Å². The predicted molar refractivity (Wildman–Crippen MR) is 84.7 cm³/mol. The van der Waals surface area contributed by atoms with Crippen LogP contribution < -0.4 is 5.73 Å². The highest BCUT2D eigenvalue weighted by atomic mass is 15.3. The number of hydrogen-bond donors (Lipinski definition) is 1. The molecule has 0 fully saturated rings. The number of nitrogens with two attached hydrogens (primary N) is 1. The molecule has 3 nitrogen and oxygen atoms in total. The summed E-state index contributed by atoms with van der Waals surface area (Å²) in [5.41, 5.74) is 14.4. The average Bonchev–Trinajstić information content (AvgIpc) is 2.63. The van der Waals surface area contributed by atoms with Crippen LogP contribution >= 0.6 is 0 Å². The van der Waals surface area contributed by atoms with Gasteiger partial charge in [-0.15, -0.1) is 0 Å². The van der Waals surface area contributed by atoms with Gasteiger partial charge < -0.3 is 5.73 Å². The zero-order valence-electron chi connectivity index (χ0n) is 13.4. The van der Waals surface area contributed by atoms with Crippen molar-refractivity contribution in [2.75, 3.05) is 6.54 Å². The Bertz CT molecular complexity index is 615. The Morgan fingerprint density at radius 3 is 2.15 bits per heavy atom. The molecule has 0 saturated carbocycles. The van der Waals surface area contributed by atoms with Gasteiger partial charge in [0.1, 0.15) is 0 Å². The van der Waals surface area contributed by atoms with Crippen molar-refractivity contribution in [3.63, 3.8) is 0 Å². The minimum absolute atomic E-state index is 0.342. The summed E-state index contributed by atoms with van der Waals surface area (Å²) in [4.78, 5) is 0. The number of aromatic nitrogens is 2. The van der Waals surface area contributed by atoms with Gasteiger partial charge in [-0.25, -0.2) is 4.68 Å². The van der Waals surface area contributed by atoms with Gasteiger partial charge in [0.05, 0.1) is 11.4 Å². The van der Waals surface area contributed by atoms with Gasteiger partial charge >= 0.3 is 0 Å². The first-order valence-corrected chi connectivity index (χ1v) is 7.21. The summed E-state index contributed by atoms with van der Waals surface area (Å²) < 4.78 is 2.08. The van der Waals surface area contributed by atoms with Gasteiger partial charge in [-0.1, -0.05) is 24.6 Å². The van der Waals surface area contributed by atoms with Crippen LogP contribution in [0.15, 0.2) is 12.1 Å². The molecule has 0 radical (unpaired) electrons. The Balaban J connectivity index is 2.66. The predicted octanol–water partition coefficient (Wildman–Crippen LogP) is 3.48. The summed E-state index contributed by atoms with van der Waals surface area (Å²) in [7, 11) is 0. The molecule has 20 heavy (non-hydrogen) atoms. The molecule has 1 aromatic carbocycles. The quantitative estimate of drug-likeness (QED) is 0.929. The second-order valence-electron chi connectivity index (χ2n) is 5.88. The molecule has 2 aromatic rings. The normalized spacial score (nSPS) is 12.8. The van der Waals surface area contributed by atoms with Crippen LogP contribution in [0, 0.1) is 34.6 Å². The van der Waals surface area contributed by atoms with Crippen LogP contribution in [0.1, 0.15) is 46.5 Å². The van der Waals surface area contributed by atoms with E-state index in [-0.39, 0.29) is 0 Å². The fraction of sp³-hybridized carbons (Fsp3) is 0.471. The van der Waals surface area contributed by atoms with Crippen molar-refractivity contribution in [1.29, 1.82) is 0 Å². The molecule has 0 amide bonds. The van der Waals surface area contributed by atoms with E-state index in [0.717, 1.165) is 5.69 Å². The molecule has 1 unspecified atom stereocenters. The molecule has 0 saturated heterocycles. The molecule has 1 heterocycles. The fourth-order valence-electron chi connectivity index (χ4n) is 3.21. The van der Waals surface area contributed by atoms with E-state index < -0.39 is 0 Å². The zero-order valence-corrected chi connectivity index (χ0v) is 13.4. The third kappa shape index (κ3) is 2.38. The second-order valence-corrected chi connectivity index (χ2v) is 5.88. The van der Waals surface area contributed by atoms with E-state index >= 15 is 0 Å². The molecule has 2 rings (SSSR count). The highest BCUT2D eigenvalue weighted by Gasteiger charge is 2.19. The van der Waals surface area contributed by atoms with Crippen LogP contribution in [0.4, 0.5) is 0 Å². The first-order valence-electron chi connectivity index (χ1n) is 7.21. The Hall–Kier alpha value is -1.61. The lowest BCUT2D eigenvalue weighted by Crippen LogP contribution is -2.11. The number of nitrogens with zero attached hydrogens (tertiary/aromatic N) is 2. The number of hydrogen-bond acceptors (Lipinski definition) is 2. The largest absolute Gasteiger partial charge is 0.330 e. The van der Waals surface area contributed by atoms with E-state index in [2.05, 4.69) is 58.4 Å². The van der Waals surface area contributed by atoms with Crippen molar-refractivity contribution >= 4 is 0 Å². The van der Waals surface area contributed by atoms with Gasteiger partial charge in [0, 0.05) is 11.3 Å². The molecule has 3 heteroatoms. The maximum Gasteiger partial charge on any atom is 0.0707 e.